The van der Waals surface area contributed by atoms with Gasteiger partial charge in [0.05, 0.1) is 11.4 Å². The molecule has 0 fully saturated rings. The van der Waals surface area contributed by atoms with Gasteiger partial charge in [-0.1, -0.05) is 0 Å². The second-order valence-electron chi connectivity index (χ2n) is 3.31. The molecule has 0 radical (unpaired) electrons. The third-order valence-electron chi connectivity index (χ3n) is 2.42. The van der Waals surface area contributed by atoms with Crippen molar-refractivity contribution in [3.8, 4) is 0 Å². The van der Waals surface area contributed by atoms with E-state index in [1.54, 1.807) is 0 Å². The molecule has 0 aliphatic carbocycles. The maximum Gasteiger partial charge on any atom is 0.194 e. The molecule has 1 unspecified atom stereocenters. The summed E-state index contributed by atoms with van der Waals surface area (Å²) >= 11 is 1.53. The minimum atomic E-state index is -0.601. The van der Waals surface area contributed by atoms with E-state index in [2.05, 4.69) is 4.98 Å². The Bertz CT molecular complexity index is 460. The lowest BCUT2D eigenvalue weighted by atomic mass is 10.3. The third-order valence-corrected chi connectivity index (χ3v) is 3.27. The number of rotatable bonds is 2. The van der Waals surface area contributed by atoms with Gasteiger partial charge in [0.1, 0.15) is 6.10 Å². The smallest absolute Gasteiger partial charge is 0.194 e. The van der Waals surface area contributed by atoms with Crippen LogP contribution in [0.4, 0.5) is 0 Å². The number of thiazole rings is 1. The number of nitrogens with zero attached hydrogens (tertiary/aromatic N) is 2. The normalized spacial score (nSPS) is 13.7. The number of aliphatic hydroxyl groups is 1. The third kappa shape index (κ3) is 1.25. The molecule has 2 rings (SSSR count). The first-order valence-electron chi connectivity index (χ1n) is 4.46. The predicted molar refractivity (Wildman–Crippen MR) is 56.6 cm³/mol. The Morgan fingerprint density at radius 1 is 1.64 bits per heavy atom. The van der Waals surface area contributed by atoms with Crippen LogP contribution in [0.3, 0.4) is 0 Å². The molecule has 1 atom stereocenters. The molecule has 5 heteroatoms. The van der Waals surface area contributed by atoms with Gasteiger partial charge < -0.3 is 10.8 Å². The van der Waals surface area contributed by atoms with E-state index in [9.17, 15) is 5.11 Å². The van der Waals surface area contributed by atoms with Crippen molar-refractivity contribution in [2.24, 2.45) is 5.73 Å². The second-order valence-corrected chi connectivity index (χ2v) is 4.15. The van der Waals surface area contributed by atoms with Crippen LogP contribution in [0, 0.1) is 13.8 Å². The maximum absolute atomic E-state index is 9.68. The topological polar surface area (TPSA) is 63.5 Å². The minimum Gasteiger partial charge on any atom is -0.386 e. The molecule has 0 saturated carbocycles. The molecule has 2 heterocycles. The zero-order valence-electron chi connectivity index (χ0n) is 8.19. The summed E-state index contributed by atoms with van der Waals surface area (Å²) in [6.45, 7) is 4.20. The summed E-state index contributed by atoms with van der Waals surface area (Å²) in [6, 6.07) is 0. The highest BCUT2D eigenvalue weighted by Crippen LogP contribution is 2.24. The highest BCUT2D eigenvalue weighted by Gasteiger charge is 2.15. The number of hydrogen-bond acceptors (Lipinski definition) is 4. The number of hydrogen-bond donors (Lipinski definition) is 2. The lowest BCUT2D eigenvalue weighted by Crippen LogP contribution is -2.13. The molecule has 0 aliphatic rings. The van der Waals surface area contributed by atoms with Gasteiger partial charge in [0.2, 0.25) is 0 Å². The van der Waals surface area contributed by atoms with Crippen LogP contribution < -0.4 is 5.73 Å². The predicted octanol–water partition coefficient (Wildman–Crippen LogP) is 1.00. The average molecular weight is 211 g/mol. The molecule has 4 nitrogen and oxygen atoms in total. The van der Waals surface area contributed by atoms with Crippen LogP contribution in [0.25, 0.3) is 4.96 Å². The van der Waals surface area contributed by atoms with Crippen molar-refractivity contribution in [2.75, 3.05) is 6.54 Å². The molecule has 2 aromatic rings. The van der Waals surface area contributed by atoms with Crippen molar-refractivity contribution in [1.82, 2.24) is 9.38 Å². The van der Waals surface area contributed by atoms with Crippen LogP contribution in [0.5, 0.6) is 0 Å². The minimum absolute atomic E-state index is 0.239. The summed E-state index contributed by atoms with van der Waals surface area (Å²) in [5, 5.41) is 11.6. The van der Waals surface area contributed by atoms with Gasteiger partial charge in [-0.3, -0.25) is 4.40 Å². The highest BCUT2D eigenvalue weighted by molar-refractivity contribution is 7.15. The van der Waals surface area contributed by atoms with E-state index in [-0.39, 0.29) is 6.54 Å². The average Bonchev–Trinajstić information content (AvgIpc) is 2.68. The standard InChI is InChI=1S/C9H13N3OS/c1-5-6(2)12-7(8(13)3-10)4-14-9(12)11-5/h4,8,13H,3,10H2,1-2H3. The van der Waals surface area contributed by atoms with Gasteiger partial charge in [-0.05, 0) is 13.8 Å². The summed E-state index contributed by atoms with van der Waals surface area (Å²) in [5.74, 6) is 0. The first-order valence-corrected chi connectivity index (χ1v) is 5.34. The van der Waals surface area contributed by atoms with Crippen molar-refractivity contribution in [3.05, 3.63) is 22.5 Å². The quantitative estimate of drug-likeness (QED) is 0.779. The van der Waals surface area contributed by atoms with Gasteiger partial charge in [0, 0.05) is 17.6 Å². The van der Waals surface area contributed by atoms with E-state index >= 15 is 0 Å². The molecule has 14 heavy (non-hydrogen) atoms. The van der Waals surface area contributed by atoms with Crippen molar-refractivity contribution in [1.29, 1.82) is 0 Å². The van der Waals surface area contributed by atoms with Crippen LogP contribution >= 0.6 is 11.3 Å². The van der Waals surface area contributed by atoms with Crippen molar-refractivity contribution in [2.45, 2.75) is 20.0 Å². The van der Waals surface area contributed by atoms with Crippen LogP contribution in [-0.4, -0.2) is 21.0 Å². The first-order chi connectivity index (χ1) is 6.65. The van der Waals surface area contributed by atoms with Gasteiger partial charge in [-0.2, -0.15) is 0 Å². The fraction of sp³-hybridized carbons (Fsp3) is 0.444. The van der Waals surface area contributed by atoms with Crippen molar-refractivity contribution in [3.63, 3.8) is 0 Å². The Hall–Kier alpha value is -0.910. The van der Waals surface area contributed by atoms with Gasteiger partial charge in [0.25, 0.3) is 0 Å². The lowest BCUT2D eigenvalue weighted by Gasteiger charge is -2.06. The summed E-state index contributed by atoms with van der Waals surface area (Å²) in [6.07, 6.45) is -0.601. The molecule has 0 bridgehead atoms. The fourth-order valence-corrected chi connectivity index (χ4v) is 2.50. The molecule has 0 amide bonds. The number of imidazole rings is 1. The Labute approximate surface area is 86.0 Å². The molecular formula is C9H13N3OS. The van der Waals surface area contributed by atoms with E-state index in [0.717, 1.165) is 22.0 Å². The van der Waals surface area contributed by atoms with Gasteiger partial charge in [0.15, 0.2) is 4.96 Å². The summed E-state index contributed by atoms with van der Waals surface area (Å²) in [4.78, 5) is 5.30. The molecule has 3 N–H and O–H groups in total. The number of nitrogens with two attached hydrogens (primary N) is 1. The van der Waals surface area contributed by atoms with E-state index in [1.807, 2.05) is 23.6 Å². The van der Waals surface area contributed by atoms with Crippen LogP contribution in [0.2, 0.25) is 0 Å². The van der Waals surface area contributed by atoms with Crippen molar-refractivity contribution >= 4 is 16.3 Å². The molecule has 0 aliphatic heterocycles. The van der Waals surface area contributed by atoms with Gasteiger partial charge in [-0.15, -0.1) is 11.3 Å². The number of aromatic nitrogens is 2. The Morgan fingerprint density at radius 2 is 2.36 bits per heavy atom. The molecule has 0 spiro atoms. The van der Waals surface area contributed by atoms with E-state index in [4.69, 9.17) is 5.73 Å². The molecule has 0 aromatic carbocycles. The number of aryl methyl sites for hydroxylation is 2. The summed E-state index contributed by atoms with van der Waals surface area (Å²) < 4.78 is 1.97. The van der Waals surface area contributed by atoms with Crippen LogP contribution in [0.15, 0.2) is 5.38 Å². The van der Waals surface area contributed by atoms with E-state index in [0.29, 0.717) is 0 Å². The molecule has 0 saturated heterocycles. The van der Waals surface area contributed by atoms with E-state index in [1.165, 1.54) is 11.3 Å². The van der Waals surface area contributed by atoms with Crippen LogP contribution in [-0.2, 0) is 0 Å². The summed E-state index contributed by atoms with van der Waals surface area (Å²) in [5.41, 5.74) is 8.35. The number of fused-ring (bicyclic) bond motifs is 1. The van der Waals surface area contributed by atoms with E-state index < -0.39 is 6.10 Å². The largest absolute Gasteiger partial charge is 0.386 e. The summed E-state index contributed by atoms with van der Waals surface area (Å²) in [7, 11) is 0. The molecule has 76 valence electrons. The van der Waals surface area contributed by atoms with Crippen LogP contribution in [0.1, 0.15) is 23.2 Å². The van der Waals surface area contributed by atoms with Gasteiger partial charge in [-0.25, -0.2) is 4.98 Å². The van der Waals surface area contributed by atoms with Crippen molar-refractivity contribution < 1.29 is 5.11 Å². The maximum atomic E-state index is 9.68. The number of aliphatic hydroxyl groups excluding tert-OH is 1. The second kappa shape index (κ2) is 3.34. The fourth-order valence-electron chi connectivity index (χ4n) is 1.48. The zero-order valence-corrected chi connectivity index (χ0v) is 9.01. The highest BCUT2D eigenvalue weighted by atomic mass is 32.1. The lowest BCUT2D eigenvalue weighted by molar-refractivity contribution is 0.181. The zero-order chi connectivity index (χ0) is 10.3. The molecule has 2 aromatic heterocycles. The van der Waals surface area contributed by atoms with Gasteiger partial charge >= 0.3 is 0 Å². The Kier molecular flexibility index (Phi) is 2.30. The Morgan fingerprint density at radius 3 is 3.00 bits per heavy atom. The first kappa shape index (κ1) is 9.64. The molecular weight excluding hydrogens is 198 g/mol. The Balaban J connectivity index is 2.66. The SMILES string of the molecule is Cc1nc2scc(C(O)CN)n2c1C. The monoisotopic (exact) mass is 211 g/mol.